The molecule has 30 heavy (non-hydrogen) atoms. The number of methoxy groups -OCH3 is 1. The zero-order valence-electron chi connectivity index (χ0n) is 17.0. The first kappa shape index (κ1) is 18.9. The molecule has 3 aliphatic rings. The number of rotatable bonds is 4. The molecule has 5 heteroatoms. The average molecular weight is 403 g/mol. The second-order valence-corrected chi connectivity index (χ2v) is 8.25. The smallest absolute Gasteiger partial charge is 0.290 e. The molecule has 5 nitrogen and oxygen atoms in total. The molecule has 5 rings (SSSR count). The number of hydrogen-bond acceptors (Lipinski definition) is 4. The Morgan fingerprint density at radius 1 is 1.03 bits per heavy atom. The fourth-order valence-corrected chi connectivity index (χ4v) is 4.99. The molecule has 0 spiro atoms. The molecule has 0 saturated heterocycles. The Balaban J connectivity index is 1.60. The molecule has 0 N–H and O–H groups in total. The van der Waals surface area contributed by atoms with E-state index in [1.165, 1.54) is 0 Å². The number of carbonyl (C=O) groups is 2. The summed E-state index contributed by atoms with van der Waals surface area (Å²) < 4.78 is 11.6. The Labute approximate surface area is 176 Å². The zero-order chi connectivity index (χ0) is 20.7. The van der Waals surface area contributed by atoms with Gasteiger partial charge in [0.05, 0.1) is 24.6 Å². The van der Waals surface area contributed by atoms with Gasteiger partial charge in [-0.2, -0.15) is 0 Å². The fraction of sp³-hybridized carbons (Fsp3) is 0.360. The van der Waals surface area contributed by atoms with Gasteiger partial charge in [-0.15, -0.1) is 0 Å². The van der Waals surface area contributed by atoms with Crippen LogP contribution in [-0.4, -0.2) is 29.8 Å². The van der Waals surface area contributed by atoms with Crippen LogP contribution in [-0.2, 0) is 20.9 Å². The minimum Gasteiger partial charge on any atom is -0.497 e. The minimum absolute atomic E-state index is 0.0812. The Morgan fingerprint density at radius 3 is 2.63 bits per heavy atom. The van der Waals surface area contributed by atoms with Crippen molar-refractivity contribution in [2.75, 3.05) is 7.11 Å². The van der Waals surface area contributed by atoms with Gasteiger partial charge in [0.2, 0.25) is 0 Å². The first-order valence-electron chi connectivity index (χ1n) is 10.6. The molecule has 2 aromatic carbocycles. The molecule has 1 saturated carbocycles. The molecule has 0 radical (unpaired) electrons. The van der Waals surface area contributed by atoms with Gasteiger partial charge in [-0.25, -0.2) is 0 Å². The molecule has 2 heterocycles. The van der Waals surface area contributed by atoms with Gasteiger partial charge in [0.25, 0.3) is 5.91 Å². The van der Waals surface area contributed by atoms with Crippen molar-refractivity contribution < 1.29 is 19.1 Å². The number of ether oxygens (including phenoxy) is 2. The summed E-state index contributed by atoms with van der Waals surface area (Å²) in [5, 5.41) is 0. The molecule has 1 amide bonds. The highest BCUT2D eigenvalue weighted by Crippen LogP contribution is 2.47. The summed E-state index contributed by atoms with van der Waals surface area (Å²) in [6.07, 6.45) is 3.57. The maximum Gasteiger partial charge on any atom is 0.290 e. The van der Waals surface area contributed by atoms with Crippen LogP contribution in [0.15, 0.2) is 65.9 Å². The monoisotopic (exact) mass is 403 g/mol. The van der Waals surface area contributed by atoms with Crippen LogP contribution >= 0.6 is 0 Å². The fourth-order valence-electron chi connectivity index (χ4n) is 4.99. The average Bonchev–Trinajstić information content (AvgIpc) is 3.06. The van der Waals surface area contributed by atoms with Gasteiger partial charge in [0.15, 0.2) is 11.5 Å². The van der Waals surface area contributed by atoms with Crippen molar-refractivity contribution in [3.05, 3.63) is 77.1 Å². The quantitative estimate of drug-likeness (QED) is 0.768. The minimum atomic E-state index is -0.460. The van der Waals surface area contributed by atoms with Crippen molar-refractivity contribution in [3.8, 4) is 5.75 Å². The molecule has 3 unspecified atom stereocenters. The lowest BCUT2D eigenvalue weighted by atomic mass is 9.77. The third-order valence-corrected chi connectivity index (χ3v) is 6.46. The first-order valence-corrected chi connectivity index (χ1v) is 10.6. The van der Waals surface area contributed by atoms with Crippen molar-refractivity contribution in [1.82, 2.24) is 4.90 Å². The highest BCUT2D eigenvalue weighted by Gasteiger charge is 2.51. The standard InChI is InChI=1S/C25H25NO4/c1-29-18-11-7-10-17(14-18)22-21-23(27)19-12-5-6-13-20(19)30-24(21)25(28)26(22)15-16-8-3-2-4-9-16/h2-4,7-11,14,19-20,22H,5-6,12-13,15H2,1H3. The van der Waals surface area contributed by atoms with Crippen molar-refractivity contribution in [3.63, 3.8) is 0 Å². The van der Waals surface area contributed by atoms with E-state index >= 15 is 0 Å². The Morgan fingerprint density at radius 2 is 1.83 bits per heavy atom. The Kier molecular flexibility index (Phi) is 4.81. The molecular formula is C25H25NO4. The number of Topliss-reactive ketones (excluding diaryl/α,β-unsaturated/α-hetero) is 1. The van der Waals surface area contributed by atoms with Gasteiger partial charge in [-0.1, -0.05) is 48.9 Å². The normalized spacial score (nSPS) is 25.6. The van der Waals surface area contributed by atoms with E-state index in [1.807, 2.05) is 54.6 Å². The first-order chi connectivity index (χ1) is 14.7. The van der Waals surface area contributed by atoms with Gasteiger partial charge >= 0.3 is 0 Å². The lowest BCUT2D eigenvalue weighted by Gasteiger charge is -2.35. The molecule has 1 fully saturated rings. The van der Waals surface area contributed by atoms with Crippen molar-refractivity contribution in [1.29, 1.82) is 0 Å². The van der Waals surface area contributed by atoms with Crippen LogP contribution in [0.1, 0.15) is 42.9 Å². The number of hydrogen-bond donors (Lipinski definition) is 0. The van der Waals surface area contributed by atoms with Crippen LogP contribution in [0.25, 0.3) is 0 Å². The Hall–Kier alpha value is -3.08. The van der Waals surface area contributed by atoms with Crippen LogP contribution in [0, 0.1) is 5.92 Å². The van der Waals surface area contributed by atoms with Crippen molar-refractivity contribution in [2.45, 2.75) is 44.4 Å². The maximum absolute atomic E-state index is 13.6. The number of benzene rings is 2. The number of ketones is 1. The highest BCUT2D eigenvalue weighted by molar-refractivity contribution is 6.11. The summed E-state index contributed by atoms with van der Waals surface area (Å²) in [5.74, 6) is 0.701. The molecule has 2 aromatic rings. The molecule has 2 aliphatic heterocycles. The van der Waals surface area contributed by atoms with E-state index in [-0.39, 0.29) is 29.5 Å². The summed E-state index contributed by atoms with van der Waals surface area (Å²) in [6.45, 7) is 0.417. The summed E-state index contributed by atoms with van der Waals surface area (Å²) in [7, 11) is 1.62. The van der Waals surface area contributed by atoms with Gasteiger partial charge < -0.3 is 14.4 Å². The van der Waals surface area contributed by atoms with Crippen LogP contribution in [0.4, 0.5) is 0 Å². The van der Waals surface area contributed by atoms with E-state index in [0.717, 1.165) is 36.8 Å². The molecule has 1 aliphatic carbocycles. The number of nitrogens with zero attached hydrogens (tertiary/aromatic N) is 1. The highest BCUT2D eigenvalue weighted by atomic mass is 16.5. The van der Waals surface area contributed by atoms with Crippen molar-refractivity contribution >= 4 is 11.7 Å². The lowest BCUT2D eigenvalue weighted by molar-refractivity contribution is -0.135. The predicted molar refractivity (Wildman–Crippen MR) is 112 cm³/mol. The van der Waals surface area contributed by atoms with E-state index in [0.29, 0.717) is 17.9 Å². The van der Waals surface area contributed by atoms with E-state index in [9.17, 15) is 9.59 Å². The van der Waals surface area contributed by atoms with Gasteiger partial charge in [0, 0.05) is 6.54 Å². The molecule has 3 atom stereocenters. The summed E-state index contributed by atoms with van der Waals surface area (Å²) in [6, 6.07) is 17.0. The summed E-state index contributed by atoms with van der Waals surface area (Å²) >= 11 is 0. The topological polar surface area (TPSA) is 55.8 Å². The SMILES string of the molecule is COc1cccc(C2C3=C(OC4CCCCC4C3=O)C(=O)N2Cc2ccccc2)c1. The molecule has 0 bridgehead atoms. The maximum atomic E-state index is 13.6. The number of amides is 1. The van der Waals surface area contributed by atoms with Gasteiger partial charge in [-0.05, 0) is 42.5 Å². The van der Waals surface area contributed by atoms with E-state index < -0.39 is 6.04 Å². The number of carbonyl (C=O) groups excluding carboxylic acids is 2. The number of fused-ring (bicyclic) bond motifs is 1. The second kappa shape index (κ2) is 7.63. The predicted octanol–water partition coefficient (Wildman–Crippen LogP) is 4.19. The van der Waals surface area contributed by atoms with Crippen LogP contribution in [0.5, 0.6) is 5.75 Å². The van der Waals surface area contributed by atoms with Gasteiger partial charge in [-0.3, -0.25) is 9.59 Å². The van der Waals surface area contributed by atoms with E-state index in [2.05, 4.69) is 0 Å². The lowest BCUT2D eigenvalue weighted by Crippen LogP contribution is -2.39. The zero-order valence-corrected chi connectivity index (χ0v) is 17.0. The third kappa shape index (κ3) is 3.09. The molecule has 154 valence electrons. The summed E-state index contributed by atoms with van der Waals surface area (Å²) in [4.78, 5) is 28.8. The second-order valence-electron chi connectivity index (χ2n) is 8.25. The van der Waals surface area contributed by atoms with Crippen LogP contribution in [0.3, 0.4) is 0 Å². The molecule has 0 aromatic heterocycles. The van der Waals surface area contributed by atoms with Crippen molar-refractivity contribution in [2.24, 2.45) is 5.92 Å². The summed E-state index contributed by atoms with van der Waals surface area (Å²) in [5.41, 5.74) is 2.41. The van der Waals surface area contributed by atoms with Crippen LogP contribution < -0.4 is 4.74 Å². The van der Waals surface area contributed by atoms with E-state index in [1.54, 1.807) is 12.0 Å². The molecular weight excluding hydrogens is 378 g/mol. The Bertz CT molecular complexity index is 1010. The third-order valence-electron chi connectivity index (χ3n) is 6.46. The van der Waals surface area contributed by atoms with Crippen LogP contribution in [0.2, 0.25) is 0 Å². The largest absolute Gasteiger partial charge is 0.497 e. The van der Waals surface area contributed by atoms with Gasteiger partial charge in [0.1, 0.15) is 11.9 Å². The van der Waals surface area contributed by atoms with E-state index in [4.69, 9.17) is 9.47 Å².